The van der Waals surface area contributed by atoms with E-state index < -0.39 is 6.23 Å². The molecule has 56 valence electrons. The van der Waals surface area contributed by atoms with E-state index >= 15 is 0 Å². The molecule has 0 aliphatic carbocycles. The Morgan fingerprint density at radius 2 is 1.80 bits per heavy atom. The number of carbonyl (C=O) groups excluding carboxylic acids is 2. The number of carbonyl (C=O) groups is 2. The first-order valence-electron chi connectivity index (χ1n) is 3.16. The number of rotatable bonds is 1. The van der Waals surface area contributed by atoms with Gasteiger partial charge in [-0.1, -0.05) is 0 Å². The summed E-state index contributed by atoms with van der Waals surface area (Å²) in [5.41, 5.74) is 0. The van der Waals surface area contributed by atoms with Crippen LogP contribution in [0.2, 0.25) is 0 Å². The van der Waals surface area contributed by atoms with Crippen LogP contribution in [0, 0.1) is 0 Å². The highest BCUT2D eigenvalue weighted by Crippen LogP contribution is 2.13. The first-order chi connectivity index (χ1) is 4.63. The maximum Gasteiger partial charge on any atom is 0.231 e. The molecule has 1 fully saturated rings. The van der Waals surface area contributed by atoms with Crippen molar-refractivity contribution in [2.24, 2.45) is 0 Å². The lowest BCUT2D eigenvalue weighted by Crippen LogP contribution is -2.37. The fraction of sp³-hybridized carbons (Fsp3) is 0.667. The summed E-state index contributed by atoms with van der Waals surface area (Å²) in [7, 11) is 0. The van der Waals surface area contributed by atoms with Crippen molar-refractivity contribution in [2.75, 3.05) is 0 Å². The highest BCUT2D eigenvalue weighted by molar-refractivity contribution is 6.02. The summed E-state index contributed by atoms with van der Waals surface area (Å²) in [5, 5.41) is 8.88. The van der Waals surface area contributed by atoms with E-state index in [-0.39, 0.29) is 24.7 Å². The number of aliphatic hydroxyl groups excluding tert-OH is 1. The van der Waals surface area contributed by atoms with E-state index in [4.69, 9.17) is 5.11 Å². The summed E-state index contributed by atoms with van der Waals surface area (Å²) in [6.45, 7) is 1.40. The molecule has 0 aromatic rings. The lowest BCUT2D eigenvalue weighted by molar-refractivity contribution is -0.147. The number of nitrogens with zero attached hydrogens (tertiary/aromatic N) is 1. The van der Waals surface area contributed by atoms with Crippen LogP contribution in [0.3, 0.4) is 0 Å². The number of hydrogen-bond acceptors (Lipinski definition) is 3. The van der Waals surface area contributed by atoms with Crippen LogP contribution in [0.25, 0.3) is 0 Å². The predicted octanol–water partition coefficient (Wildman–Crippen LogP) is -0.526. The smallest absolute Gasteiger partial charge is 0.231 e. The Bertz CT molecular complexity index is 160. The molecule has 1 saturated heterocycles. The molecule has 0 aromatic carbocycles. The summed E-state index contributed by atoms with van der Waals surface area (Å²) in [4.78, 5) is 22.4. The first kappa shape index (κ1) is 7.21. The number of amides is 2. The summed E-state index contributed by atoms with van der Waals surface area (Å²) in [6, 6.07) is 0. The van der Waals surface area contributed by atoms with Crippen molar-refractivity contribution >= 4 is 11.8 Å². The second kappa shape index (κ2) is 2.38. The zero-order valence-corrected chi connectivity index (χ0v) is 5.70. The van der Waals surface area contributed by atoms with Crippen molar-refractivity contribution in [3.8, 4) is 0 Å². The van der Waals surface area contributed by atoms with Crippen molar-refractivity contribution in [1.82, 2.24) is 4.90 Å². The number of aliphatic hydroxyl groups is 1. The third-order valence-electron chi connectivity index (χ3n) is 1.46. The van der Waals surface area contributed by atoms with Crippen molar-refractivity contribution < 1.29 is 14.7 Å². The maximum absolute atomic E-state index is 10.8. The fourth-order valence-corrected chi connectivity index (χ4v) is 1.01. The number of hydrogen-bond donors (Lipinski definition) is 1. The molecule has 1 aliphatic rings. The van der Waals surface area contributed by atoms with Gasteiger partial charge in [-0.25, -0.2) is 0 Å². The van der Waals surface area contributed by atoms with Gasteiger partial charge in [0.15, 0.2) is 0 Å². The van der Waals surface area contributed by atoms with Crippen molar-refractivity contribution in [3.63, 3.8) is 0 Å². The van der Waals surface area contributed by atoms with E-state index in [2.05, 4.69) is 0 Å². The highest BCUT2D eigenvalue weighted by atomic mass is 16.3. The number of imide groups is 1. The van der Waals surface area contributed by atoms with Gasteiger partial charge in [0.25, 0.3) is 0 Å². The largest absolute Gasteiger partial charge is 0.373 e. The quantitative estimate of drug-likeness (QED) is 0.502. The highest BCUT2D eigenvalue weighted by Gasteiger charge is 2.31. The Morgan fingerprint density at radius 1 is 1.40 bits per heavy atom. The summed E-state index contributed by atoms with van der Waals surface area (Å²) >= 11 is 0. The van der Waals surface area contributed by atoms with Gasteiger partial charge in [0, 0.05) is 12.8 Å². The molecule has 2 amide bonds. The van der Waals surface area contributed by atoms with Crippen LogP contribution in [0.4, 0.5) is 0 Å². The molecule has 10 heavy (non-hydrogen) atoms. The zero-order valence-electron chi connectivity index (χ0n) is 5.70. The minimum atomic E-state index is -0.970. The van der Waals surface area contributed by atoms with Crippen LogP contribution in [0.5, 0.6) is 0 Å². The average molecular weight is 143 g/mol. The van der Waals surface area contributed by atoms with E-state index in [1.807, 2.05) is 0 Å². The van der Waals surface area contributed by atoms with Gasteiger partial charge in [0.1, 0.15) is 6.23 Å². The first-order valence-corrected chi connectivity index (χ1v) is 3.16. The molecule has 1 heterocycles. The minimum Gasteiger partial charge on any atom is -0.373 e. The Morgan fingerprint density at radius 3 is 2.00 bits per heavy atom. The van der Waals surface area contributed by atoms with E-state index in [0.717, 1.165) is 4.90 Å². The van der Waals surface area contributed by atoms with Crippen LogP contribution >= 0.6 is 0 Å². The topological polar surface area (TPSA) is 57.6 Å². The van der Waals surface area contributed by atoms with Crippen LogP contribution in [0.15, 0.2) is 0 Å². The van der Waals surface area contributed by atoms with Crippen LogP contribution in [-0.2, 0) is 9.59 Å². The molecule has 0 spiro atoms. The van der Waals surface area contributed by atoms with Gasteiger partial charge >= 0.3 is 0 Å². The summed E-state index contributed by atoms with van der Waals surface area (Å²) < 4.78 is 0. The van der Waals surface area contributed by atoms with Crippen LogP contribution in [-0.4, -0.2) is 28.0 Å². The Hall–Kier alpha value is -0.900. The van der Waals surface area contributed by atoms with E-state index in [1.54, 1.807) is 0 Å². The molecule has 1 N–H and O–H groups in total. The normalized spacial score (nSPS) is 22.0. The summed E-state index contributed by atoms with van der Waals surface area (Å²) in [6.07, 6.45) is -0.490. The Kier molecular flexibility index (Phi) is 1.72. The molecule has 1 unspecified atom stereocenters. The van der Waals surface area contributed by atoms with Crippen LogP contribution in [0.1, 0.15) is 19.8 Å². The minimum absolute atomic E-state index is 0.240. The second-order valence-electron chi connectivity index (χ2n) is 2.29. The van der Waals surface area contributed by atoms with E-state index in [9.17, 15) is 9.59 Å². The number of likely N-dealkylation sites (tertiary alicyclic amines) is 1. The molecule has 4 heteroatoms. The Labute approximate surface area is 58.4 Å². The predicted molar refractivity (Wildman–Crippen MR) is 32.8 cm³/mol. The molecular weight excluding hydrogens is 134 g/mol. The third-order valence-corrected chi connectivity index (χ3v) is 1.46. The molecule has 0 aromatic heterocycles. The molecule has 1 aliphatic heterocycles. The second-order valence-corrected chi connectivity index (χ2v) is 2.29. The van der Waals surface area contributed by atoms with Gasteiger partial charge in [-0.2, -0.15) is 0 Å². The van der Waals surface area contributed by atoms with Gasteiger partial charge in [-0.3, -0.25) is 14.5 Å². The van der Waals surface area contributed by atoms with Crippen molar-refractivity contribution in [2.45, 2.75) is 26.0 Å². The lowest BCUT2D eigenvalue weighted by Gasteiger charge is -2.15. The fourth-order valence-electron chi connectivity index (χ4n) is 1.01. The molecule has 0 saturated carbocycles. The average Bonchev–Trinajstić information content (AvgIpc) is 2.11. The van der Waals surface area contributed by atoms with E-state index in [1.165, 1.54) is 6.92 Å². The van der Waals surface area contributed by atoms with Crippen molar-refractivity contribution in [3.05, 3.63) is 0 Å². The van der Waals surface area contributed by atoms with Gasteiger partial charge in [-0.15, -0.1) is 0 Å². The van der Waals surface area contributed by atoms with E-state index in [0.29, 0.717) is 0 Å². The monoisotopic (exact) mass is 143 g/mol. The molecule has 1 rings (SSSR count). The van der Waals surface area contributed by atoms with Gasteiger partial charge in [-0.05, 0) is 6.92 Å². The lowest BCUT2D eigenvalue weighted by atomic mass is 10.4. The standard InChI is InChI=1S/C6H9NO3/c1-4(8)7-5(9)2-3-6(7)10/h4,8H,2-3H2,1H3. The van der Waals surface area contributed by atoms with Crippen LogP contribution < -0.4 is 0 Å². The van der Waals surface area contributed by atoms with Crippen molar-refractivity contribution in [1.29, 1.82) is 0 Å². The molecular formula is C6H9NO3. The van der Waals surface area contributed by atoms with Gasteiger partial charge in [0.2, 0.25) is 11.8 Å². The van der Waals surface area contributed by atoms with Gasteiger partial charge in [0.05, 0.1) is 0 Å². The zero-order chi connectivity index (χ0) is 7.72. The third kappa shape index (κ3) is 1.02. The molecule has 0 radical (unpaired) electrons. The molecule has 4 nitrogen and oxygen atoms in total. The van der Waals surface area contributed by atoms with Gasteiger partial charge < -0.3 is 5.11 Å². The Balaban J connectivity index is 2.72. The SMILES string of the molecule is CC(O)N1C(=O)CCC1=O. The molecule has 1 atom stereocenters. The summed E-state index contributed by atoms with van der Waals surface area (Å²) in [5.74, 6) is -0.556. The maximum atomic E-state index is 10.8. The molecule has 0 bridgehead atoms.